The zero-order valence-corrected chi connectivity index (χ0v) is 12.8. The number of hydrogen-bond acceptors (Lipinski definition) is 3. The van der Waals surface area contributed by atoms with Crippen LogP contribution < -0.4 is 10.6 Å². The van der Waals surface area contributed by atoms with Crippen LogP contribution in [0.15, 0.2) is 18.2 Å². The van der Waals surface area contributed by atoms with Gasteiger partial charge in [-0.3, -0.25) is 0 Å². The van der Waals surface area contributed by atoms with Gasteiger partial charge in [-0.15, -0.1) is 0 Å². The fourth-order valence-electron chi connectivity index (χ4n) is 2.46. The zero-order valence-electron chi connectivity index (χ0n) is 11.9. The molecule has 1 fully saturated rings. The number of anilines is 1. The van der Waals surface area contributed by atoms with E-state index < -0.39 is 11.7 Å². The highest BCUT2D eigenvalue weighted by Gasteiger charge is 2.34. The van der Waals surface area contributed by atoms with E-state index in [2.05, 4.69) is 16.7 Å². The van der Waals surface area contributed by atoms with Gasteiger partial charge in [-0.05, 0) is 32.2 Å². The van der Waals surface area contributed by atoms with E-state index in [4.69, 9.17) is 18.0 Å². The van der Waals surface area contributed by atoms with Gasteiger partial charge in [0.25, 0.3) is 0 Å². The maximum atomic E-state index is 13.0. The molecule has 0 radical (unpaired) electrons. The van der Waals surface area contributed by atoms with Gasteiger partial charge in [0.1, 0.15) is 4.99 Å². The lowest BCUT2D eigenvalue weighted by molar-refractivity contribution is -0.137. The molecule has 1 unspecified atom stereocenters. The number of halogens is 3. The van der Waals surface area contributed by atoms with Crippen LogP contribution in [0.3, 0.4) is 0 Å². The number of thiocarbonyl (C=S) groups is 1. The van der Waals surface area contributed by atoms with Crippen molar-refractivity contribution in [3.8, 4) is 0 Å². The van der Waals surface area contributed by atoms with Gasteiger partial charge in [0.15, 0.2) is 0 Å². The van der Waals surface area contributed by atoms with Crippen molar-refractivity contribution >= 4 is 22.9 Å². The highest BCUT2D eigenvalue weighted by Crippen LogP contribution is 2.34. The molecule has 0 aromatic heterocycles. The Morgan fingerprint density at radius 3 is 2.52 bits per heavy atom. The Morgan fingerprint density at radius 1 is 1.33 bits per heavy atom. The first-order chi connectivity index (χ1) is 9.70. The molecule has 0 aliphatic carbocycles. The number of hydrogen-bond donors (Lipinski definition) is 1. The van der Waals surface area contributed by atoms with Crippen molar-refractivity contribution in [2.75, 3.05) is 31.6 Å². The third-order valence-electron chi connectivity index (χ3n) is 3.90. The Morgan fingerprint density at radius 2 is 2.00 bits per heavy atom. The number of likely N-dealkylation sites (N-methyl/N-ethyl adjacent to an activating group) is 1. The summed E-state index contributed by atoms with van der Waals surface area (Å²) in [5.41, 5.74) is 5.30. The smallest absolute Gasteiger partial charge is 0.389 e. The number of nitrogens with zero attached hydrogens (tertiary/aromatic N) is 2. The van der Waals surface area contributed by atoms with E-state index >= 15 is 0 Å². The molecule has 0 saturated carbocycles. The third kappa shape index (κ3) is 3.47. The minimum absolute atomic E-state index is 0.110. The van der Waals surface area contributed by atoms with Crippen molar-refractivity contribution in [3.05, 3.63) is 29.3 Å². The molecular formula is C14H18F3N3S. The van der Waals surface area contributed by atoms with E-state index in [0.29, 0.717) is 6.04 Å². The molecule has 0 spiro atoms. The maximum Gasteiger partial charge on any atom is 0.417 e. The van der Waals surface area contributed by atoms with Crippen LogP contribution in [0.25, 0.3) is 0 Å². The van der Waals surface area contributed by atoms with E-state index in [-0.39, 0.29) is 10.6 Å². The van der Waals surface area contributed by atoms with Gasteiger partial charge >= 0.3 is 6.18 Å². The minimum atomic E-state index is -4.45. The summed E-state index contributed by atoms with van der Waals surface area (Å²) in [4.78, 5) is 4.05. The molecule has 1 aliphatic rings. The zero-order chi connectivity index (χ0) is 15.8. The first-order valence-electron chi connectivity index (χ1n) is 6.66. The van der Waals surface area contributed by atoms with Gasteiger partial charge < -0.3 is 15.5 Å². The number of rotatable bonds is 2. The largest absolute Gasteiger partial charge is 0.417 e. The summed E-state index contributed by atoms with van der Waals surface area (Å²) in [6.07, 6.45) is -4.45. The molecule has 3 nitrogen and oxygen atoms in total. The Bertz CT molecular complexity index is 545. The second-order valence-electron chi connectivity index (χ2n) is 5.37. The van der Waals surface area contributed by atoms with Crippen LogP contribution in [0, 0.1) is 0 Å². The second-order valence-corrected chi connectivity index (χ2v) is 5.81. The van der Waals surface area contributed by atoms with E-state index in [1.807, 2.05) is 7.05 Å². The van der Waals surface area contributed by atoms with Gasteiger partial charge in [-0.1, -0.05) is 12.2 Å². The Hall–Kier alpha value is -1.34. The maximum absolute atomic E-state index is 13.0. The summed E-state index contributed by atoms with van der Waals surface area (Å²) in [6.45, 7) is 4.48. The quantitative estimate of drug-likeness (QED) is 0.850. The van der Waals surface area contributed by atoms with E-state index in [1.54, 1.807) is 0 Å². The van der Waals surface area contributed by atoms with Crippen molar-refractivity contribution in [2.24, 2.45) is 5.73 Å². The average Bonchev–Trinajstić information content (AvgIpc) is 2.40. The van der Waals surface area contributed by atoms with Crippen molar-refractivity contribution in [2.45, 2.75) is 19.1 Å². The van der Waals surface area contributed by atoms with Gasteiger partial charge in [-0.2, -0.15) is 13.2 Å². The first-order valence-corrected chi connectivity index (χ1v) is 7.07. The van der Waals surface area contributed by atoms with Gasteiger partial charge in [0.2, 0.25) is 0 Å². The van der Waals surface area contributed by atoms with Crippen LogP contribution >= 0.6 is 12.2 Å². The molecule has 1 saturated heterocycles. The summed E-state index contributed by atoms with van der Waals surface area (Å²) >= 11 is 4.77. The number of benzene rings is 1. The van der Waals surface area contributed by atoms with Crippen LogP contribution in [0.5, 0.6) is 0 Å². The molecule has 1 aliphatic heterocycles. The second kappa shape index (κ2) is 5.81. The summed E-state index contributed by atoms with van der Waals surface area (Å²) in [6, 6.07) is 4.34. The molecule has 1 aromatic rings. The van der Waals surface area contributed by atoms with Gasteiger partial charge in [-0.25, -0.2) is 0 Å². The number of piperazine rings is 1. The molecule has 1 aromatic carbocycles. The molecule has 7 heteroatoms. The molecule has 2 N–H and O–H groups in total. The Kier molecular flexibility index (Phi) is 4.43. The van der Waals surface area contributed by atoms with Crippen LogP contribution in [-0.2, 0) is 6.18 Å². The van der Waals surface area contributed by atoms with E-state index in [0.717, 1.165) is 31.4 Å². The van der Waals surface area contributed by atoms with E-state index in [9.17, 15) is 13.2 Å². The number of nitrogens with two attached hydrogens (primary N) is 1. The highest BCUT2D eigenvalue weighted by molar-refractivity contribution is 7.80. The Labute approximate surface area is 127 Å². The first kappa shape index (κ1) is 16.0. The van der Waals surface area contributed by atoms with Crippen molar-refractivity contribution < 1.29 is 13.2 Å². The predicted octanol–water partition coefficient (Wildman–Crippen LogP) is 2.48. The molecule has 21 heavy (non-hydrogen) atoms. The fraction of sp³-hybridized carbons (Fsp3) is 0.500. The lowest BCUT2D eigenvalue weighted by atomic mass is 10.0. The van der Waals surface area contributed by atoms with E-state index in [1.165, 1.54) is 12.1 Å². The summed E-state index contributed by atoms with van der Waals surface area (Å²) < 4.78 is 38.9. The van der Waals surface area contributed by atoms with Gasteiger partial charge in [0, 0.05) is 36.9 Å². The third-order valence-corrected chi connectivity index (χ3v) is 4.12. The molecule has 2 rings (SSSR count). The average molecular weight is 317 g/mol. The molecule has 1 heterocycles. The summed E-state index contributed by atoms with van der Waals surface area (Å²) in [5.74, 6) is 0. The molecule has 116 valence electrons. The van der Waals surface area contributed by atoms with Gasteiger partial charge in [0.05, 0.1) is 5.56 Å². The Balaban J connectivity index is 2.35. The molecule has 0 bridgehead atoms. The fourth-order valence-corrected chi connectivity index (χ4v) is 2.63. The van der Waals surface area contributed by atoms with Crippen LogP contribution in [0.4, 0.5) is 18.9 Å². The van der Waals surface area contributed by atoms with Crippen molar-refractivity contribution in [1.82, 2.24) is 4.90 Å². The molecule has 1 atom stereocenters. The number of alkyl halides is 3. The normalized spacial score (nSPS) is 20.6. The van der Waals surface area contributed by atoms with Crippen molar-refractivity contribution in [1.29, 1.82) is 0 Å². The predicted molar refractivity (Wildman–Crippen MR) is 81.6 cm³/mol. The summed E-state index contributed by atoms with van der Waals surface area (Å²) in [5, 5.41) is 0. The standard InChI is InChI=1S/C14H18F3N3S/c1-9-8-20(6-5-19(9)2)10-3-4-12(14(15,16)17)11(7-10)13(18)21/h3-4,7,9H,5-6,8H2,1-2H3,(H2,18,21). The lowest BCUT2D eigenvalue weighted by Gasteiger charge is -2.39. The van der Waals surface area contributed by atoms with Crippen LogP contribution in [0.1, 0.15) is 18.1 Å². The molecular weight excluding hydrogens is 299 g/mol. The SMILES string of the molecule is CC1CN(c2ccc(C(F)(F)F)c(C(N)=S)c2)CCN1C. The van der Waals surface area contributed by atoms with Crippen LogP contribution in [-0.4, -0.2) is 42.6 Å². The van der Waals surface area contributed by atoms with Crippen LogP contribution in [0.2, 0.25) is 0 Å². The van der Waals surface area contributed by atoms with Crippen molar-refractivity contribution in [3.63, 3.8) is 0 Å². The monoisotopic (exact) mass is 317 g/mol. The minimum Gasteiger partial charge on any atom is -0.389 e. The topological polar surface area (TPSA) is 32.5 Å². The highest BCUT2D eigenvalue weighted by atomic mass is 32.1. The summed E-state index contributed by atoms with van der Waals surface area (Å²) in [7, 11) is 2.04. The molecule has 0 amide bonds. The lowest BCUT2D eigenvalue weighted by Crippen LogP contribution is -2.50.